The van der Waals surface area contributed by atoms with Crippen LogP contribution in [0.3, 0.4) is 0 Å². The molecule has 6 nitrogen and oxygen atoms in total. The maximum absolute atomic E-state index is 12.4. The first kappa shape index (κ1) is 17.2. The van der Waals surface area contributed by atoms with Crippen LogP contribution in [0.2, 0.25) is 0 Å². The molecule has 2 aliphatic heterocycles. The Morgan fingerprint density at radius 1 is 1.23 bits per heavy atom. The molecule has 0 unspecified atom stereocenters. The largest absolute Gasteiger partial charge is 0.454 e. The molecule has 0 radical (unpaired) electrons. The number of nitrogens with zero attached hydrogens (tertiary/aromatic N) is 1. The summed E-state index contributed by atoms with van der Waals surface area (Å²) in [6.07, 6.45) is -0.733. The quantitative estimate of drug-likeness (QED) is 0.819. The number of rotatable bonds is 4. The zero-order valence-electron chi connectivity index (χ0n) is 14.1. The van der Waals surface area contributed by atoms with Gasteiger partial charge in [0.15, 0.2) is 23.3 Å². The molecule has 1 N–H and O–H groups in total. The number of ether oxygens (including phenoxy) is 3. The highest BCUT2D eigenvalue weighted by Gasteiger charge is 2.51. The van der Waals surface area contributed by atoms with Gasteiger partial charge in [-0.3, -0.25) is 4.90 Å². The molecule has 7 heteroatoms. The fraction of sp³-hybridized carbons (Fsp3) is 0.316. The van der Waals surface area contributed by atoms with Gasteiger partial charge in [0.05, 0.1) is 0 Å². The van der Waals surface area contributed by atoms with Crippen molar-refractivity contribution in [2.75, 3.05) is 13.3 Å². The fourth-order valence-electron chi connectivity index (χ4n) is 3.30. The minimum absolute atomic E-state index is 0.222. The van der Waals surface area contributed by atoms with Crippen LogP contribution in [-0.2, 0) is 11.2 Å². The van der Waals surface area contributed by atoms with Gasteiger partial charge in [0.1, 0.15) is 0 Å². The van der Waals surface area contributed by atoms with Crippen molar-refractivity contribution in [1.82, 2.24) is 4.90 Å². The average molecular weight is 420 g/mol. The Hall–Kier alpha value is -2.25. The van der Waals surface area contributed by atoms with E-state index in [1.165, 1.54) is 4.90 Å². The lowest BCUT2D eigenvalue weighted by Crippen LogP contribution is -2.46. The van der Waals surface area contributed by atoms with Crippen molar-refractivity contribution in [2.45, 2.75) is 25.2 Å². The Bertz CT molecular complexity index is 854. The van der Waals surface area contributed by atoms with Crippen LogP contribution in [-0.4, -0.2) is 35.2 Å². The van der Waals surface area contributed by atoms with Gasteiger partial charge in [-0.25, -0.2) is 4.79 Å². The van der Waals surface area contributed by atoms with Gasteiger partial charge in [-0.05, 0) is 37.1 Å². The van der Waals surface area contributed by atoms with E-state index in [1.807, 2.05) is 42.5 Å². The van der Waals surface area contributed by atoms with Gasteiger partial charge in [-0.1, -0.05) is 40.2 Å². The van der Waals surface area contributed by atoms with Crippen molar-refractivity contribution in [3.63, 3.8) is 0 Å². The number of benzene rings is 2. The summed E-state index contributed by atoms with van der Waals surface area (Å²) in [6.45, 7) is 2.15. The standard InChI is InChI=1S/C19H18BrNO5/c1-19(23)17(13-4-2-3-5-14(13)20)26-18(22)21(19)9-8-12-6-7-15-16(10-12)25-11-24-15/h2-7,10,17,23H,8-9,11H2,1H3/t17-,19+/m0/s1. The maximum atomic E-state index is 12.4. The molecule has 2 atom stereocenters. The zero-order valence-corrected chi connectivity index (χ0v) is 15.7. The first-order valence-electron chi connectivity index (χ1n) is 8.30. The number of fused-ring (bicyclic) bond motifs is 1. The summed E-state index contributed by atoms with van der Waals surface area (Å²) in [4.78, 5) is 13.7. The van der Waals surface area contributed by atoms with Gasteiger partial charge in [-0.15, -0.1) is 0 Å². The van der Waals surface area contributed by atoms with E-state index in [-0.39, 0.29) is 6.79 Å². The van der Waals surface area contributed by atoms with Crippen molar-refractivity contribution in [2.24, 2.45) is 0 Å². The molecule has 2 aromatic carbocycles. The third-order valence-corrected chi connectivity index (χ3v) is 5.45. The van der Waals surface area contributed by atoms with E-state index in [0.29, 0.717) is 18.7 Å². The van der Waals surface area contributed by atoms with Gasteiger partial charge >= 0.3 is 6.09 Å². The number of halogens is 1. The summed E-state index contributed by atoms with van der Waals surface area (Å²) in [6, 6.07) is 13.1. The predicted octanol–water partition coefficient (Wildman–Crippen LogP) is 3.62. The number of amides is 1. The number of hydrogen-bond acceptors (Lipinski definition) is 5. The molecule has 0 aliphatic carbocycles. The normalized spacial score (nSPS) is 24.0. The number of cyclic esters (lactones) is 1. The monoisotopic (exact) mass is 419 g/mol. The Morgan fingerprint density at radius 2 is 2.00 bits per heavy atom. The molecule has 136 valence electrons. The second-order valence-corrected chi connectivity index (χ2v) is 7.32. The molecule has 2 aliphatic rings. The number of carbonyl (C=O) groups is 1. The summed E-state index contributed by atoms with van der Waals surface area (Å²) < 4.78 is 17.0. The Labute approximate surface area is 159 Å². The van der Waals surface area contributed by atoms with Crippen molar-refractivity contribution in [1.29, 1.82) is 0 Å². The molecule has 0 bridgehead atoms. The second kappa shape index (κ2) is 6.48. The Balaban J connectivity index is 1.51. The van der Waals surface area contributed by atoms with E-state index < -0.39 is 17.9 Å². The van der Waals surface area contributed by atoms with Crippen LogP contribution in [0.4, 0.5) is 4.79 Å². The molecular formula is C19H18BrNO5. The molecule has 2 aromatic rings. The summed E-state index contributed by atoms with van der Waals surface area (Å²) in [5.74, 6) is 1.42. The van der Waals surface area contributed by atoms with Gasteiger partial charge in [0.25, 0.3) is 0 Å². The molecular weight excluding hydrogens is 402 g/mol. The Kier molecular flexibility index (Phi) is 4.28. The highest BCUT2D eigenvalue weighted by atomic mass is 79.9. The van der Waals surface area contributed by atoms with E-state index in [1.54, 1.807) is 6.92 Å². The first-order valence-corrected chi connectivity index (χ1v) is 9.09. The number of aliphatic hydroxyl groups is 1. The van der Waals surface area contributed by atoms with Gasteiger partial charge in [0.2, 0.25) is 6.79 Å². The molecule has 2 heterocycles. The third kappa shape index (κ3) is 2.91. The molecule has 0 aromatic heterocycles. The summed E-state index contributed by atoms with van der Waals surface area (Å²) in [7, 11) is 0. The van der Waals surface area contributed by atoms with Crippen LogP contribution >= 0.6 is 15.9 Å². The molecule has 4 rings (SSSR count). The van der Waals surface area contributed by atoms with Gasteiger partial charge < -0.3 is 19.3 Å². The first-order chi connectivity index (χ1) is 12.5. The maximum Gasteiger partial charge on any atom is 0.412 e. The van der Waals surface area contributed by atoms with Gasteiger partial charge in [0, 0.05) is 16.6 Å². The molecule has 1 amide bonds. The van der Waals surface area contributed by atoms with Crippen LogP contribution in [0.1, 0.15) is 24.2 Å². The zero-order chi connectivity index (χ0) is 18.3. The minimum atomic E-state index is -1.45. The third-order valence-electron chi connectivity index (χ3n) is 4.73. The highest BCUT2D eigenvalue weighted by molar-refractivity contribution is 9.10. The lowest BCUT2D eigenvalue weighted by atomic mass is 9.99. The van der Waals surface area contributed by atoms with Crippen molar-refractivity contribution in [3.05, 3.63) is 58.1 Å². The van der Waals surface area contributed by atoms with Crippen molar-refractivity contribution < 1.29 is 24.1 Å². The molecule has 26 heavy (non-hydrogen) atoms. The number of carbonyl (C=O) groups excluding carboxylic acids is 1. The fourth-order valence-corrected chi connectivity index (χ4v) is 3.80. The van der Waals surface area contributed by atoms with Crippen molar-refractivity contribution in [3.8, 4) is 11.5 Å². The molecule has 0 spiro atoms. The SMILES string of the molecule is C[C@@]1(O)[C@H](c2ccccc2Br)OC(=O)N1CCc1ccc2c(c1)OCO2. The van der Waals surface area contributed by atoms with E-state index in [0.717, 1.165) is 21.3 Å². The minimum Gasteiger partial charge on any atom is -0.454 e. The van der Waals surface area contributed by atoms with E-state index in [9.17, 15) is 9.90 Å². The predicted molar refractivity (Wildman–Crippen MR) is 97.0 cm³/mol. The topological polar surface area (TPSA) is 68.2 Å². The molecule has 1 saturated heterocycles. The lowest BCUT2D eigenvalue weighted by Gasteiger charge is -2.31. The van der Waals surface area contributed by atoms with Gasteiger partial charge in [-0.2, -0.15) is 0 Å². The Morgan fingerprint density at radius 3 is 2.81 bits per heavy atom. The lowest BCUT2D eigenvalue weighted by molar-refractivity contribution is -0.0858. The van der Waals surface area contributed by atoms with Crippen LogP contribution in [0.15, 0.2) is 46.9 Å². The van der Waals surface area contributed by atoms with E-state index in [4.69, 9.17) is 14.2 Å². The van der Waals surface area contributed by atoms with Crippen LogP contribution < -0.4 is 9.47 Å². The summed E-state index contributed by atoms with van der Waals surface area (Å²) in [5, 5.41) is 11.0. The second-order valence-electron chi connectivity index (χ2n) is 6.47. The van der Waals surface area contributed by atoms with Crippen molar-refractivity contribution >= 4 is 22.0 Å². The van der Waals surface area contributed by atoms with Crippen LogP contribution in [0, 0.1) is 0 Å². The molecule has 0 saturated carbocycles. The summed E-state index contributed by atoms with van der Waals surface area (Å²) in [5.41, 5.74) is 0.274. The highest BCUT2D eigenvalue weighted by Crippen LogP contribution is 2.42. The van der Waals surface area contributed by atoms with E-state index >= 15 is 0 Å². The smallest absolute Gasteiger partial charge is 0.412 e. The van der Waals surface area contributed by atoms with Crippen LogP contribution in [0.5, 0.6) is 11.5 Å². The van der Waals surface area contributed by atoms with E-state index in [2.05, 4.69) is 15.9 Å². The molecule has 1 fully saturated rings. The average Bonchev–Trinajstić information content (AvgIpc) is 3.16. The number of hydrogen-bond donors (Lipinski definition) is 1. The van der Waals surface area contributed by atoms with Crippen LogP contribution in [0.25, 0.3) is 0 Å². The summed E-state index contributed by atoms with van der Waals surface area (Å²) >= 11 is 3.46.